The molecule has 0 atom stereocenters. The second kappa shape index (κ2) is 13.2. The highest BCUT2D eigenvalue weighted by Gasteiger charge is 2.24. The van der Waals surface area contributed by atoms with Gasteiger partial charge in [-0.1, -0.05) is 90.6 Å². The van der Waals surface area contributed by atoms with E-state index in [1.807, 2.05) is 108 Å². The lowest BCUT2D eigenvalue weighted by molar-refractivity contribution is -0.113. The number of aromatic nitrogens is 4. The van der Waals surface area contributed by atoms with Gasteiger partial charge in [0.15, 0.2) is 11.0 Å². The number of hydrogen-bond donors (Lipinski definition) is 1. The van der Waals surface area contributed by atoms with Gasteiger partial charge in [0.05, 0.1) is 23.6 Å². The van der Waals surface area contributed by atoms with Crippen LogP contribution in [0.1, 0.15) is 24.2 Å². The summed E-state index contributed by atoms with van der Waals surface area (Å²) >= 11 is 2.60. The summed E-state index contributed by atoms with van der Waals surface area (Å²) in [7, 11) is 0. The molecule has 10 heteroatoms. The predicted molar refractivity (Wildman–Crippen MR) is 177 cm³/mol. The highest BCUT2D eigenvalue weighted by Crippen LogP contribution is 2.37. The molecular formula is C34H29N5O3S2. The number of nitrogens with one attached hydrogen (secondary N) is 1. The van der Waals surface area contributed by atoms with Crippen molar-refractivity contribution >= 4 is 50.9 Å². The molecule has 0 unspecified atom stereocenters. The van der Waals surface area contributed by atoms with Crippen LogP contribution >= 0.6 is 23.1 Å². The Labute approximate surface area is 263 Å². The van der Waals surface area contributed by atoms with Gasteiger partial charge in [0, 0.05) is 34.0 Å². The average Bonchev–Trinajstić information content (AvgIpc) is 3.68. The van der Waals surface area contributed by atoms with Crippen molar-refractivity contribution in [2.45, 2.75) is 25.5 Å². The van der Waals surface area contributed by atoms with E-state index in [0.717, 1.165) is 38.9 Å². The Morgan fingerprint density at radius 3 is 2.32 bits per heavy atom. The molecule has 3 aromatic heterocycles. The van der Waals surface area contributed by atoms with Gasteiger partial charge in [-0.05, 0) is 31.5 Å². The molecule has 44 heavy (non-hydrogen) atoms. The third-order valence-electron chi connectivity index (χ3n) is 7.00. The number of thiophene rings is 1. The predicted octanol–water partition coefficient (Wildman–Crippen LogP) is 7.82. The van der Waals surface area contributed by atoms with Crippen LogP contribution in [-0.2, 0) is 16.1 Å². The van der Waals surface area contributed by atoms with Gasteiger partial charge in [0.2, 0.25) is 5.91 Å². The van der Waals surface area contributed by atoms with Crippen LogP contribution in [0.15, 0.2) is 102 Å². The lowest BCUT2D eigenvalue weighted by atomic mass is 10.0. The topological polar surface area (TPSA) is 99.0 Å². The Balaban J connectivity index is 1.26. The van der Waals surface area contributed by atoms with Crippen molar-refractivity contribution in [1.82, 2.24) is 19.7 Å². The summed E-state index contributed by atoms with van der Waals surface area (Å²) in [4.78, 5) is 31.0. The number of benzene rings is 3. The summed E-state index contributed by atoms with van der Waals surface area (Å²) in [5.41, 5.74) is 5.62. The molecule has 1 amide bonds. The van der Waals surface area contributed by atoms with Gasteiger partial charge in [-0.3, -0.25) is 4.79 Å². The molecule has 3 heterocycles. The Morgan fingerprint density at radius 2 is 1.59 bits per heavy atom. The first-order valence-electron chi connectivity index (χ1n) is 14.2. The maximum absolute atomic E-state index is 13.2. The molecule has 0 saturated heterocycles. The normalized spacial score (nSPS) is 11.0. The summed E-state index contributed by atoms with van der Waals surface area (Å²) in [5.74, 6) is 0.0764. The largest absolute Gasteiger partial charge is 0.462 e. The van der Waals surface area contributed by atoms with E-state index in [2.05, 4.69) is 15.5 Å². The van der Waals surface area contributed by atoms with Gasteiger partial charge in [0.1, 0.15) is 10.6 Å². The number of nitrogens with zero attached hydrogens (tertiary/aromatic N) is 4. The van der Waals surface area contributed by atoms with E-state index in [9.17, 15) is 9.59 Å². The molecule has 0 aliphatic carbocycles. The molecule has 0 aliphatic heterocycles. The number of thioether (sulfide) groups is 1. The van der Waals surface area contributed by atoms with Crippen LogP contribution in [0.2, 0.25) is 0 Å². The Morgan fingerprint density at radius 1 is 0.886 bits per heavy atom. The number of carbonyl (C=O) groups excluding carboxylic acids is 2. The molecule has 8 nitrogen and oxygen atoms in total. The van der Waals surface area contributed by atoms with Gasteiger partial charge in [0.25, 0.3) is 0 Å². The fourth-order valence-corrected chi connectivity index (χ4v) is 6.75. The van der Waals surface area contributed by atoms with E-state index in [0.29, 0.717) is 28.1 Å². The van der Waals surface area contributed by atoms with Crippen LogP contribution in [0, 0.1) is 0 Å². The summed E-state index contributed by atoms with van der Waals surface area (Å²) in [6, 6.07) is 29.7. The third-order valence-corrected chi connectivity index (χ3v) is 8.86. The molecule has 6 rings (SSSR count). The number of rotatable bonds is 10. The summed E-state index contributed by atoms with van der Waals surface area (Å²) in [6.45, 7) is 4.64. The zero-order valence-corrected chi connectivity index (χ0v) is 25.8. The van der Waals surface area contributed by atoms with Crippen LogP contribution < -0.4 is 5.32 Å². The van der Waals surface area contributed by atoms with Gasteiger partial charge in [-0.15, -0.1) is 21.5 Å². The second-order valence-corrected chi connectivity index (χ2v) is 11.6. The smallest absolute Gasteiger partial charge is 0.341 e. The van der Waals surface area contributed by atoms with Crippen molar-refractivity contribution in [3.63, 3.8) is 0 Å². The maximum Gasteiger partial charge on any atom is 0.341 e. The molecule has 1 N–H and O–H groups in total. The summed E-state index contributed by atoms with van der Waals surface area (Å²) in [6.07, 6.45) is 0. The molecule has 0 saturated carbocycles. The highest BCUT2D eigenvalue weighted by molar-refractivity contribution is 7.99. The van der Waals surface area contributed by atoms with Crippen molar-refractivity contribution in [2.75, 3.05) is 17.7 Å². The molecule has 0 radical (unpaired) electrons. The lowest BCUT2D eigenvalue weighted by Gasteiger charge is -2.12. The number of pyridine rings is 1. The number of carbonyl (C=O) groups is 2. The third kappa shape index (κ3) is 5.99. The molecule has 0 bridgehead atoms. The van der Waals surface area contributed by atoms with Crippen molar-refractivity contribution in [3.8, 4) is 33.8 Å². The van der Waals surface area contributed by atoms with E-state index in [4.69, 9.17) is 9.72 Å². The quantitative estimate of drug-likeness (QED) is 0.123. The Hall–Kier alpha value is -4.80. The number of hydrogen-bond acceptors (Lipinski definition) is 8. The average molecular weight is 620 g/mol. The number of para-hydroxylation sites is 1. The van der Waals surface area contributed by atoms with Crippen LogP contribution in [0.5, 0.6) is 0 Å². The standard InChI is InChI=1S/C34H29N5O3S2/c1-3-39-31(25-19-28(23-15-9-6-10-16-23)35-27-18-12-11-17-24(25)27)37-38-34(39)44-21-29(40)36-32-30(33(41)42-4-2)26(20-43-32)22-13-7-5-8-14-22/h5-20H,3-4,21H2,1-2H3,(H,36,40). The number of anilines is 1. The van der Waals surface area contributed by atoms with Gasteiger partial charge in [-0.25, -0.2) is 9.78 Å². The SMILES string of the molecule is CCOC(=O)c1c(-c2ccccc2)csc1NC(=O)CSc1nnc(-c2cc(-c3ccccc3)nc3ccccc23)n1CC. The summed E-state index contributed by atoms with van der Waals surface area (Å²) < 4.78 is 7.34. The van der Waals surface area contributed by atoms with Gasteiger partial charge < -0.3 is 14.6 Å². The van der Waals surface area contributed by atoms with Crippen molar-refractivity contribution in [1.29, 1.82) is 0 Å². The zero-order valence-electron chi connectivity index (χ0n) is 24.2. The zero-order chi connectivity index (χ0) is 30.5. The van der Waals surface area contributed by atoms with Crippen LogP contribution in [-0.4, -0.2) is 44.0 Å². The Kier molecular flexibility index (Phi) is 8.81. The van der Waals surface area contributed by atoms with Gasteiger partial charge in [-0.2, -0.15) is 0 Å². The highest BCUT2D eigenvalue weighted by atomic mass is 32.2. The van der Waals surface area contributed by atoms with Crippen LogP contribution in [0.4, 0.5) is 5.00 Å². The van der Waals surface area contributed by atoms with E-state index < -0.39 is 5.97 Å². The van der Waals surface area contributed by atoms with Crippen molar-refractivity contribution in [3.05, 3.63) is 102 Å². The van der Waals surface area contributed by atoms with E-state index >= 15 is 0 Å². The fourth-order valence-electron chi connectivity index (χ4n) is 4.98. The molecule has 0 aliphatic rings. The van der Waals surface area contributed by atoms with Gasteiger partial charge >= 0.3 is 5.97 Å². The first kappa shape index (κ1) is 29.3. The molecule has 220 valence electrons. The van der Waals surface area contributed by atoms with Crippen LogP contribution in [0.3, 0.4) is 0 Å². The van der Waals surface area contributed by atoms with Crippen molar-refractivity contribution < 1.29 is 14.3 Å². The first-order valence-corrected chi connectivity index (χ1v) is 16.1. The first-order chi connectivity index (χ1) is 21.6. The number of ether oxygens (including phenoxy) is 1. The minimum atomic E-state index is -0.467. The van der Waals surface area contributed by atoms with E-state index in [1.54, 1.807) is 6.92 Å². The lowest BCUT2D eigenvalue weighted by Crippen LogP contribution is -2.16. The van der Waals surface area contributed by atoms with E-state index in [-0.39, 0.29) is 18.3 Å². The number of esters is 1. The number of fused-ring (bicyclic) bond motifs is 1. The Bertz CT molecular complexity index is 1940. The molecular weight excluding hydrogens is 591 g/mol. The molecule has 3 aromatic carbocycles. The minimum Gasteiger partial charge on any atom is -0.462 e. The monoisotopic (exact) mass is 619 g/mol. The summed E-state index contributed by atoms with van der Waals surface area (Å²) in [5, 5.41) is 15.9. The second-order valence-electron chi connectivity index (χ2n) is 9.77. The maximum atomic E-state index is 13.2. The molecule has 6 aromatic rings. The van der Waals surface area contributed by atoms with Crippen LogP contribution in [0.25, 0.3) is 44.7 Å². The van der Waals surface area contributed by atoms with E-state index in [1.165, 1.54) is 23.1 Å². The molecule has 0 fully saturated rings. The van der Waals surface area contributed by atoms with Crippen molar-refractivity contribution in [2.24, 2.45) is 0 Å². The molecule has 0 spiro atoms. The minimum absolute atomic E-state index is 0.0886. The number of amides is 1. The fraction of sp³-hybridized carbons (Fsp3) is 0.147.